The zero-order valence-electron chi connectivity index (χ0n) is 15.3. The molecule has 1 N–H and O–H groups in total. The Labute approximate surface area is 155 Å². The van der Waals surface area contributed by atoms with E-state index in [0.717, 1.165) is 12.1 Å². The number of nitrogens with one attached hydrogen (secondary N) is 1. The molecule has 1 aliphatic heterocycles. The lowest BCUT2D eigenvalue weighted by Crippen LogP contribution is -2.28. The van der Waals surface area contributed by atoms with Gasteiger partial charge in [0, 0.05) is 6.04 Å². The van der Waals surface area contributed by atoms with E-state index in [1.807, 2.05) is 0 Å². The molecular weight excluding hydrogens is 386 g/mol. The molecule has 1 aliphatic rings. The van der Waals surface area contributed by atoms with E-state index >= 15 is 0 Å². The van der Waals surface area contributed by atoms with Gasteiger partial charge in [-0.2, -0.15) is 13.2 Å². The summed E-state index contributed by atoms with van der Waals surface area (Å²) in [4.78, 5) is 12.2. The van der Waals surface area contributed by atoms with Crippen LogP contribution in [0.15, 0.2) is 24.3 Å². The molecule has 6 nitrogen and oxygen atoms in total. The number of alkyl halides is 3. The molecule has 27 heavy (non-hydrogen) atoms. The molecule has 1 heterocycles. The average molecular weight is 409 g/mol. The van der Waals surface area contributed by atoms with Crippen molar-refractivity contribution in [3.63, 3.8) is 0 Å². The predicted octanol–water partition coefficient (Wildman–Crippen LogP) is 4.12. The Morgan fingerprint density at radius 2 is 1.74 bits per heavy atom. The number of ether oxygens (including phenoxy) is 1. The third-order valence-electron chi connectivity index (χ3n) is 4.35. The molecular formula is C17H23F3NO5P. The molecule has 1 aromatic rings. The topological polar surface area (TPSA) is 73.9 Å². The van der Waals surface area contributed by atoms with E-state index in [4.69, 9.17) is 13.8 Å². The molecule has 152 valence electrons. The number of hydrogen-bond acceptors (Lipinski definition) is 6. The summed E-state index contributed by atoms with van der Waals surface area (Å²) in [6, 6.07) is 3.82. The first-order chi connectivity index (χ1) is 12.7. The van der Waals surface area contributed by atoms with E-state index in [2.05, 4.69) is 5.32 Å². The fraction of sp³-hybridized carbons (Fsp3) is 0.588. The van der Waals surface area contributed by atoms with Crippen molar-refractivity contribution in [1.29, 1.82) is 0 Å². The fourth-order valence-corrected chi connectivity index (χ4v) is 5.14. The van der Waals surface area contributed by atoms with Crippen molar-refractivity contribution in [2.75, 3.05) is 20.3 Å². The average Bonchev–Trinajstić information content (AvgIpc) is 3.07. The van der Waals surface area contributed by atoms with Crippen LogP contribution in [-0.2, 0) is 29.3 Å². The second-order valence-electron chi connectivity index (χ2n) is 6.02. The van der Waals surface area contributed by atoms with Gasteiger partial charge in [-0.25, -0.2) is 0 Å². The Bertz CT molecular complexity index is 685. The highest BCUT2D eigenvalue weighted by molar-refractivity contribution is 7.54. The first-order valence-corrected chi connectivity index (χ1v) is 10.2. The van der Waals surface area contributed by atoms with Crippen LogP contribution in [0.3, 0.4) is 0 Å². The van der Waals surface area contributed by atoms with Gasteiger partial charge in [-0.05, 0) is 38.0 Å². The molecule has 2 rings (SSSR count). The molecule has 0 spiro atoms. The van der Waals surface area contributed by atoms with Crippen molar-refractivity contribution in [2.24, 2.45) is 5.92 Å². The van der Waals surface area contributed by atoms with Crippen LogP contribution in [0.2, 0.25) is 0 Å². The number of esters is 1. The van der Waals surface area contributed by atoms with Gasteiger partial charge in [0.2, 0.25) is 0 Å². The van der Waals surface area contributed by atoms with Crippen molar-refractivity contribution in [3.05, 3.63) is 35.4 Å². The number of methoxy groups -OCH3 is 1. The van der Waals surface area contributed by atoms with Gasteiger partial charge in [-0.1, -0.05) is 12.1 Å². The van der Waals surface area contributed by atoms with Crippen molar-refractivity contribution in [2.45, 2.75) is 38.3 Å². The molecule has 3 atom stereocenters. The van der Waals surface area contributed by atoms with Crippen LogP contribution in [0.5, 0.6) is 0 Å². The van der Waals surface area contributed by atoms with Gasteiger partial charge in [0.05, 0.1) is 31.8 Å². The Kier molecular flexibility index (Phi) is 7.08. The van der Waals surface area contributed by atoms with E-state index in [0.29, 0.717) is 5.56 Å². The minimum absolute atomic E-state index is 0.121. The lowest BCUT2D eigenvalue weighted by Gasteiger charge is -2.24. The van der Waals surface area contributed by atoms with E-state index in [9.17, 15) is 22.5 Å². The quantitative estimate of drug-likeness (QED) is 0.540. The van der Waals surface area contributed by atoms with Gasteiger partial charge >= 0.3 is 19.7 Å². The van der Waals surface area contributed by atoms with E-state index < -0.39 is 43.0 Å². The molecule has 0 saturated carbocycles. The van der Waals surface area contributed by atoms with Crippen molar-refractivity contribution >= 4 is 13.6 Å². The minimum atomic E-state index is -4.45. The summed E-state index contributed by atoms with van der Waals surface area (Å²) < 4.78 is 66.9. The van der Waals surface area contributed by atoms with Crippen LogP contribution in [0.4, 0.5) is 13.2 Å². The van der Waals surface area contributed by atoms with Crippen molar-refractivity contribution in [1.82, 2.24) is 5.32 Å². The van der Waals surface area contributed by atoms with Gasteiger partial charge in [0.25, 0.3) is 0 Å². The highest BCUT2D eigenvalue weighted by Gasteiger charge is 2.49. The summed E-state index contributed by atoms with van der Waals surface area (Å²) in [6.45, 7) is 3.66. The molecule has 0 amide bonds. The van der Waals surface area contributed by atoms with Gasteiger partial charge in [-0.3, -0.25) is 14.7 Å². The summed E-state index contributed by atoms with van der Waals surface area (Å²) in [6.07, 6.45) is -4.33. The number of hydrogen-bond donors (Lipinski definition) is 1. The highest BCUT2D eigenvalue weighted by Crippen LogP contribution is 2.57. The number of halogens is 3. The predicted molar refractivity (Wildman–Crippen MR) is 92.1 cm³/mol. The standard InChI is InChI=1S/C17H23F3NO5P/c1-4-25-27(23,26-5-2)14-10-13(16(22)24-3)15(21-14)11-6-8-12(9-7-11)17(18,19)20/h6-9,13-15,21H,4-5,10H2,1-3H3/t13-,14+,15-/m0/s1. The normalized spacial score (nSPS) is 23.4. The molecule has 0 bridgehead atoms. The molecule has 0 radical (unpaired) electrons. The maximum atomic E-state index is 13.0. The third kappa shape index (κ3) is 4.90. The third-order valence-corrected chi connectivity index (χ3v) is 6.71. The van der Waals surface area contributed by atoms with Crippen LogP contribution in [0.25, 0.3) is 0 Å². The molecule has 1 aromatic carbocycles. The zero-order chi connectivity index (χ0) is 20.2. The summed E-state index contributed by atoms with van der Waals surface area (Å²) in [5.74, 6) is -2.05. The number of carbonyl (C=O) groups excluding carboxylic acids is 1. The van der Waals surface area contributed by atoms with Gasteiger partial charge in [0.1, 0.15) is 5.78 Å². The van der Waals surface area contributed by atoms with Crippen molar-refractivity contribution < 1.29 is 36.3 Å². The number of carbonyl (C=O) groups is 1. The fourth-order valence-electron chi connectivity index (χ4n) is 3.16. The van der Waals surface area contributed by atoms with Crippen molar-refractivity contribution in [3.8, 4) is 0 Å². The van der Waals surface area contributed by atoms with E-state index in [1.165, 1.54) is 19.2 Å². The second-order valence-corrected chi connectivity index (χ2v) is 8.24. The molecule has 0 aliphatic carbocycles. The SMILES string of the molecule is CCOP(=O)(OCC)[C@@H]1C[C@H](C(=O)OC)[C@H](c2ccc(C(F)(F)F)cc2)N1. The maximum Gasteiger partial charge on any atom is 0.416 e. The highest BCUT2D eigenvalue weighted by atomic mass is 31.2. The van der Waals surface area contributed by atoms with Gasteiger partial charge < -0.3 is 13.8 Å². The van der Waals surface area contributed by atoms with Gasteiger partial charge in [0.15, 0.2) is 0 Å². The molecule has 0 unspecified atom stereocenters. The molecule has 10 heteroatoms. The lowest BCUT2D eigenvalue weighted by molar-refractivity contribution is -0.145. The molecule has 1 fully saturated rings. The first kappa shape index (κ1) is 21.9. The Hall–Kier alpha value is -1.41. The van der Waals surface area contributed by atoms with Crippen LogP contribution in [0.1, 0.15) is 37.4 Å². The monoisotopic (exact) mass is 409 g/mol. The summed E-state index contributed by atoms with van der Waals surface area (Å²) in [7, 11) is -2.32. The smallest absolute Gasteiger partial charge is 0.416 e. The van der Waals surface area contributed by atoms with Crippen LogP contribution >= 0.6 is 7.60 Å². The maximum absolute atomic E-state index is 13.0. The van der Waals surface area contributed by atoms with E-state index in [1.54, 1.807) is 13.8 Å². The van der Waals surface area contributed by atoms with E-state index in [-0.39, 0.29) is 19.6 Å². The Balaban J connectivity index is 2.33. The summed E-state index contributed by atoms with van der Waals surface area (Å²) >= 11 is 0. The summed E-state index contributed by atoms with van der Waals surface area (Å²) in [5.41, 5.74) is -0.329. The molecule has 0 aromatic heterocycles. The number of rotatable bonds is 7. The van der Waals surface area contributed by atoms with Crippen LogP contribution in [-0.4, -0.2) is 32.1 Å². The Morgan fingerprint density at radius 1 is 1.19 bits per heavy atom. The zero-order valence-corrected chi connectivity index (χ0v) is 16.2. The summed E-state index contributed by atoms with van der Waals surface area (Å²) in [5, 5.41) is 3.05. The minimum Gasteiger partial charge on any atom is -0.469 e. The van der Waals surface area contributed by atoms with Crippen LogP contribution < -0.4 is 5.32 Å². The van der Waals surface area contributed by atoms with Crippen LogP contribution in [0, 0.1) is 5.92 Å². The van der Waals surface area contributed by atoms with Gasteiger partial charge in [-0.15, -0.1) is 0 Å². The Morgan fingerprint density at radius 3 is 2.19 bits per heavy atom. The number of benzene rings is 1. The second kappa shape index (κ2) is 8.73. The lowest BCUT2D eigenvalue weighted by atomic mass is 9.93. The largest absolute Gasteiger partial charge is 0.469 e. The molecule has 1 saturated heterocycles. The first-order valence-electron chi connectivity index (χ1n) is 8.56.